The van der Waals surface area contributed by atoms with Crippen molar-refractivity contribution in [2.75, 3.05) is 11.3 Å². The van der Waals surface area contributed by atoms with Gasteiger partial charge in [-0.05, 0) is 36.2 Å². The lowest BCUT2D eigenvalue weighted by atomic mass is 10.3. The quantitative estimate of drug-likeness (QED) is 0.619. The zero-order chi connectivity index (χ0) is 12.5. The van der Waals surface area contributed by atoms with E-state index in [1.807, 2.05) is 6.26 Å². The Morgan fingerprint density at radius 1 is 1.35 bits per heavy atom. The van der Waals surface area contributed by atoms with Gasteiger partial charge in [0.1, 0.15) is 6.34 Å². The molecule has 1 aliphatic rings. The summed E-state index contributed by atoms with van der Waals surface area (Å²) in [6.45, 7) is 0. The minimum absolute atomic E-state index is 0.138. The van der Waals surface area contributed by atoms with Gasteiger partial charge in [0.2, 0.25) is 0 Å². The molecule has 0 fully saturated rings. The standard InChI is InChI=1S/C8H10N4O3S2/c1-16-12-10-9-6-11(12)7-2-4-8(5-3-7)17(13,14)15/h2-6,10H,1H3,(H,13,14,15). The number of hydrogen-bond acceptors (Lipinski definition) is 7. The number of anilines is 1. The molecule has 0 spiro atoms. The number of benzene rings is 1. The molecule has 1 heterocycles. The molecule has 1 aromatic carbocycles. The summed E-state index contributed by atoms with van der Waals surface area (Å²) in [5.74, 6) is 0. The lowest BCUT2D eigenvalue weighted by Gasteiger charge is -2.23. The van der Waals surface area contributed by atoms with Crippen LogP contribution in [0.1, 0.15) is 0 Å². The van der Waals surface area contributed by atoms with E-state index in [0.29, 0.717) is 0 Å². The van der Waals surface area contributed by atoms with Crippen molar-refractivity contribution in [1.29, 1.82) is 0 Å². The van der Waals surface area contributed by atoms with Crippen LogP contribution in [0.15, 0.2) is 34.3 Å². The highest BCUT2D eigenvalue weighted by molar-refractivity contribution is 7.96. The van der Waals surface area contributed by atoms with Gasteiger partial charge in [0.25, 0.3) is 10.1 Å². The Bertz CT molecular complexity index is 528. The van der Waals surface area contributed by atoms with E-state index in [-0.39, 0.29) is 4.90 Å². The summed E-state index contributed by atoms with van der Waals surface area (Å²) in [6, 6.07) is 5.81. The molecule has 0 amide bonds. The summed E-state index contributed by atoms with van der Waals surface area (Å²) in [7, 11) is -4.15. The second kappa shape index (κ2) is 4.53. The molecule has 9 heteroatoms. The van der Waals surface area contributed by atoms with E-state index in [1.165, 1.54) is 24.1 Å². The van der Waals surface area contributed by atoms with Crippen LogP contribution in [-0.4, -0.2) is 30.1 Å². The van der Waals surface area contributed by atoms with Crippen LogP contribution in [0.5, 0.6) is 0 Å². The first-order chi connectivity index (χ1) is 8.02. The molecular weight excluding hydrogens is 264 g/mol. The van der Waals surface area contributed by atoms with Crippen LogP contribution >= 0.6 is 11.9 Å². The minimum Gasteiger partial charge on any atom is -0.282 e. The van der Waals surface area contributed by atoms with E-state index in [2.05, 4.69) is 10.6 Å². The predicted octanol–water partition coefficient (Wildman–Crippen LogP) is 0.696. The summed E-state index contributed by atoms with van der Waals surface area (Å²) in [5.41, 5.74) is 3.45. The lowest BCUT2D eigenvalue weighted by molar-refractivity contribution is 0.412. The third kappa shape index (κ3) is 2.52. The molecule has 0 radical (unpaired) electrons. The summed E-state index contributed by atoms with van der Waals surface area (Å²) >= 11 is 1.40. The Hall–Kier alpha value is -1.29. The normalized spacial score (nSPS) is 16.2. The number of nitrogens with one attached hydrogen (secondary N) is 1. The van der Waals surface area contributed by atoms with E-state index < -0.39 is 10.1 Å². The summed E-state index contributed by atoms with van der Waals surface area (Å²) in [6.07, 6.45) is 3.42. The molecule has 2 rings (SSSR count). The molecule has 0 atom stereocenters. The molecule has 2 N–H and O–H groups in total. The fourth-order valence-corrected chi connectivity index (χ4v) is 2.22. The highest BCUT2D eigenvalue weighted by atomic mass is 32.2. The van der Waals surface area contributed by atoms with Gasteiger partial charge in [0, 0.05) is 6.26 Å². The first kappa shape index (κ1) is 12.2. The van der Waals surface area contributed by atoms with Gasteiger partial charge in [-0.1, -0.05) is 4.52 Å². The minimum atomic E-state index is -4.15. The highest BCUT2D eigenvalue weighted by Crippen LogP contribution is 2.22. The van der Waals surface area contributed by atoms with Gasteiger partial charge < -0.3 is 0 Å². The van der Waals surface area contributed by atoms with E-state index in [4.69, 9.17) is 4.55 Å². The SMILES string of the molecule is CSN1NN=CN1c1ccc(S(=O)(=O)O)cc1. The summed E-state index contributed by atoms with van der Waals surface area (Å²) in [5, 5.41) is 5.55. The van der Waals surface area contributed by atoms with Crippen molar-refractivity contribution in [3.63, 3.8) is 0 Å². The maximum absolute atomic E-state index is 10.9. The van der Waals surface area contributed by atoms with Crippen LogP contribution in [0, 0.1) is 0 Å². The first-order valence-corrected chi connectivity index (χ1v) is 7.14. The van der Waals surface area contributed by atoms with Crippen molar-refractivity contribution in [3.05, 3.63) is 24.3 Å². The van der Waals surface area contributed by atoms with Crippen LogP contribution in [-0.2, 0) is 10.1 Å². The van der Waals surface area contributed by atoms with Gasteiger partial charge in [0.15, 0.2) is 0 Å². The van der Waals surface area contributed by atoms with Crippen LogP contribution < -0.4 is 10.5 Å². The zero-order valence-electron chi connectivity index (χ0n) is 8.81. The van der Waals surface area contributed by atoms with Crippen LogP contribution in [0.4, 0.5) is 5.69 Å². The van der Waals surface area contributed by atoms with Gasteiger partial charge in [0.05, 0.1) is 10.6 Å². The topological polar surface area (TPSA) is 85.2 Å². The fourth-order valence-electron chi connectivity index (χ4n) is 1.30. The Morgan fingerprint density at radius 3 is 2.53 bits per heavy atom. The Labute approximate surface area is 103 Å². The number of hydrazine groups is 2. The summed E-state index contributed by atoms with van der Waals surface area (Å²) < 4.78 is 32.3. The smallest absolute Gasteiger partial charge is 0.282 e. The van der Waals surface area contributed by atoms with Gasteiger partial charge in [-0.2, -0.15) is 13.5 Å². The molecule has 0 aromatic heterocycles. The molecule has 1 aliphatic heterocycles. The lowest BCUT2D eigenvalue weighted by Crippen LogP contribution is -2.37. The van der Waals surface area contributed by atoms with Gasteiger partial charge in [-0.15, -0.1) is 0 Å². The molecular formula is C8H10N4O3S2. The second-order valence-corrected chi connectivity index (χ2v) is 5.25. The average molecular weight is 274 g/mol. The molecule has 92 valence electrons. The number of hydrazone groups is 1. The molecule has 0 saturated carbocycles. The van der Waals surface area contributed by atoms with Crippen molar-refractivity contribution in [2.24, 2.45) is 5.10 Å². The van der Waals surface area contributed by atoms with E-state index in [9.17, 15) is 8.42 Å². The summed E-state index contributed by atoms with van der Waals surface area (Å²) in [4.78, 5) is -0.138. The first-order valence-electron chi connectivity index (χ1n) is 4.52. The van der Waals surface area contributed by atoms with Crippen molar-refractivity contribution in [1.82, 2.24) is 10.1 Å². The number of hydrogen-bond donors (Lipinski definition) is 2. The highest BCUT2D eigenvalue weighted by Gasteiger charge is 2.18. The van der Waals surface area contributed by atoms with Crippen molar-refractivity contribution in [2.45, 2.75) is 4.90 Å². The maximum atomic E-state index is 10.9. The molecule has 7 nitrogen and oxygen atoms in total. The Balaban J connectivity index is 2.27. The van der Waals surface area contributed by atoms with Crippen LogP contribution in [0.25, 0.3) is 0 Å². The molecule has 0 aliphatic carbocycles. The van der Waals surface area contributed by atoms with Crippen LogP contribution in [0.3, 0.4) is 0 Å². The molecule has 1 aromatic rings. The van der Waals surface area contributed by atoms with Crippen molar-refractivity contribution < 1.29 is 13.0 Å². The third-order valence-electron chi connectivity index (χ3n) is 2.08. The number of nitrogens with zero attached hydrogens (tertiary/aromatic N) is 3. The van der Waals surface area contributed by atoms with E-state index in [0.717, 1.165) is 5.69 Å². The Morgan fingerprint density at radius 2 is 2.00 bits per heavy atom. The van der Waals surface area contributed by atoms with Crippen LogP contribution in [0.2, 0.25) is 0 Å². The van der Waals surface area contributed by atoms with Gasteiger partial charge in [-0.3, -0.25) is 4.55 Å². The molecule has 0 saturated heterocycles. The molecule has 0 unspecified atom stereocenters. The van der Waals surface area contributed by atoms with Gasteiger partial charge in [-0.25, -0.2) is 10.5 Å². The average Bonchev–Trinajstić information content (AvgIpc) is 2.76. The van der Waals surface area contributed by atoms with E-state index in [1.54, 1.807) is 28.0 Å². The third-order valence-corrected chi connectivity index (χ3v) is 3.55. The number of rotatable bonds is 3. The van der Waals surface area contributed by atoms with E-state index >= 15 is 0 Å². The Kier molecular flexibility index (Phi) is 3.24. The monoisotopic (exact) mass is 274 g/mol. The van der Waals surface area contributed by atoms with Gasteiger partial charge >= 0.3 is 0 Å². The maximum Gasteiger partial charge on any atom is 0.294 e. The second-order valence-electron chi connectivity index (χ2n) is 3.11. The van der Waals surface area contributed by atoms with Crippen molar-refractivity contribution >= 4 is 34.1 Å². The van der Waals surface area contributed by atoms with Crippen molar-refractivity contribution in [3.8, 4) is 0 Å². The zero-order valence-corrected chi connectivity index (χ0v) is 10.4. The predicted molar refractivity (Wildman–Crippen MR) is 65.7 cm³/mol. The largest absolute Gasteiger partial charge is 0.294 e. The fraction of sp³-hybridized carbons (Fsp3) is 0.125. The molecule has 17 heavy (non-hydrogen) atoms. The molecule has 0 bridgehead atoms.